The molecule has 1 aromatic heterocycles. The predicted octanol–water partition coefficient (Wildman–Crippen LogP) is 1.75. The molecular weight excluding hydrogens is 420 g/mol. The van der Waals surface area contributed by atoms with Crippen molar-refractivity contribution < 1.29 is 22.7 Å². The van der Waals surface area contributed by atoms with E-state index < -0.39 is 16.1 Å². The smallest absolute Gasteiger partial charge is 0.267 e. The number of benzene rings is 1. The lowest BCUT2D eigenvalue weighted by Crippen LogP contribution is -2.55. The van der Waals surface area contributed by atoms with Crippen LogP contribution in [0.2, 0.25) is 0 Å². The zero-order chi connectivity index (χ0) is 22.3. The molecule has 0 saturated carbocycles. The van der Waals surface area contributed by atoms with Crippen LogP contribution in [0.15, 0.2) is 29.2 Å². The minimum atomic E-state index is -3.69. The molecule has 1 saturated heterocycles. The van der Waals surface area contributed by atoms with Gasteiger partial charge >= 0.3 is 0 Å². The molecule has 1 amide bonds. The van der Waals surface area contributed by atoms with Gasteiger partial charge in [-0.05, 0) is 39.8 Å². The number of ether oxygens (including phenoxy) is 2. The van der Waals surface area contributed by atoms with Gasteiger partial charge in [-0.3, -0.25) is 9.48 Å². The lowest BCUT2D eigenvalue weighted by Gasteiger charge is -2.36. The lowest BCUT2D eigenvalue weighted by atomic mass is 10.2. The minimum Gasteiger partial charge on any atom is -0.485 e. The van der Waals surface area contributed by atoms with Gasteiger partial charge in [0.05, 0.1) is 11.4 Å². The molecule has 2 aliphatic heterocycles. The first-order chi connectivity index (χ1) is 14.7. The van der Waals surface area contributed by atoms with Crippen molar-refractivity contribution in [3.63, 3.8) is 0 Å². The Morgan fingerprint density at radius 1 is 1.10 bits per heavy atom. The zero-order valence-corrected chi connectivity index (χ0v) is 19.1. The van der Waals surface area contributed by atoms with Crippen LogP contribution >= 0.6 is 0 Å². The van der Waals surface area contributed by atoms with E-state index in [4.69, 9.17) is 9.47 Å². The summed E-state index contributed by atoms with van der Waals surface area (Å²) in [5.41, 5.74) is 1.13. The number of carbonyl (C=O) groups excluding carboxylic acids is 1. The van der Waals surface area contributed by atoms with Crippen LogP contribution in [-0.4, -0.2) is 72.2 Å². The van der Waals surface area contributed by atoms with Crippen LogP contribution < -0.4 is 9.47 Å². The van der Waals surface area contributed by atoms with Crippen LogP contribution in [0, 0.1) is 13.8 Å². The molecule has 0 aliphatic carbocycles. The summed E-state index contributed by atoms with van der Waals surface area (Å²) in [4.78, 5) is 14.8. The normalized spacial score (nSPS) is 19.6. The molecule has 0 spiro atoms. The van der Waals surface area contributed by atoms with Gasteiger partial charge in [-0.25, -0.2) is 8.42 Å². The first-order valence-corrected chi connectivity index (χ1v) is 11.9. The maximum atomic E-state index is 13.3. The van der Waals surface area contributed by atoms with Crippen LogP contribution in [0.1, 0.15) is 31.3 Å². The number of sulfonamides is 1. The van der Waals surface area contributed by atoms with Crippen molar-refractivity contribution in [3.05, 3.63) is 35.7 Å². The van der Waals surface area contributed by atoms with E-state index in [9.17, 15) is 13.2 Å². The number of fused-ring (bicyclic) bond motifs is 1. The fraction of sp³-hybridized carbons (Fsp3) is 0.524. The van der Waals surface area contributed by atoms with Crippen LogP contribution in [0.25, 0.3) is 0 Å². The summed E-state index contributed by atoms with van der Waals surface area (Å²) in [7, 11) is -3.69. The number of rotatable bonds is 4. The third kappa shape index (κ3) is 3.89. The minimum absolute atomic E-state index is 0.0694. The molecule has 168 valence electrons. The maximum absolute atomic E-state index is 13.3. The summed E-state index contributed by atoms with van der Waals surface area (Å²) in [6.45, 7) is 8.63. The molecule has 1 fully saturated rings. The number of nitrogens with zero attached hydrogens (tertiary/aromatic N) is 4. The van der Waals surface area contributed by atoms with E-state index >= 15 is 0 Å². The number of amides is 1. The second-order valence-corrected chi connectivity index (χ2v) is 10.0. The highest BCUT2D eigenvalue weighted by atomic mass is 32.2. The summed E-state index contributed by atoms with van der Waals surface area (Å²) >= 11 is 0. The van der Waals surface area contributed by atoms with E-state index in [0.717, 1.165) is 0 Å². The number of aryl methyl sites for hydroxylation is 1. The quantitative estimate of drug-likeness (QED) is 0.708. The highest BCUT2D eigenvalue weighted by Gasteiger charge is 2.37. The van der Waals surface area contributed by atoms with Crippen LogP contribution in [0.4, 0.5) is 0 Å². The number of hydrogen-bond acceptors (Lipinski definition) is 6. The van der Waals surface area contributed by atoms with Crippen molar-refractivity contribution in [2.45, 2.75) is 44.7 Å². The Labute approximate surface area is 182 Å². The molecule has 3 heterocycles. The highest BCUT2D eigenvalue weighted by molar-refractivity contribution is 7.89. The van der Waals surface area contributed by atoms with Gasteiger partial charge in [0, 0.05) is 32.2 Å². The Bertz CT molecular complexity index is 1090. The summed E-state index contributed by atoms with van der Waals surface area (Å²) < 4.78 is 41.2. The van der Waals surface area contributed by atoms with Crippen molar-refractivity contribution in [1.82, 2.24) is 19.0 Å². The number of carbonyl (C=O) groups is 1. The first-order valence-electron chi connectivity index (χ1n) is 10.4. The van der Waals surface area contributed by atoms with E-state index in [1.807, 2.05) is 26.0 Å². The standard InChI is InChI=1S/C21H28N4O5S/c1-14(2)25-16(4)20(15(3)22-25)31(27,28)24-11-9-23(10-12-24)21(26)19-13-29-17-7-5-6-8-18(17)30-19/h5-8,14,19H,9-13H2,1-4H3/t19-/m0/s1. The van der Waals surface area contributed by atoms with Crippen LogP contribution in [-0.2, 0) is 14.8 Å². The SMILES string of the molecule is Cc1nn(C(C)C)c(C)c1S(=O)(=O)N1CCN(C(=O)[C@@H]2COc3ccccc3O2)CC1. The van der Waals surface area contributed by atoms with Gasteiger partial charge in [0.15, 0.2) is 11.5 Å². The molecule has 10 heteroatoms. The van der Waals surface area contributed by atoms with E-state index in [1.165, 1.54) is 4.31 Å². The Hall–Kier alpha value is -2.59. The molecule has 0 bridgehead atoms. The lowest BCUT2D eigenvalue weighted by molar-refractivity contribution is -0.142. The van der Waals surface area contributed by atoms with Gasteiger partial charge in [0.2, 0.25) is 16.1 Å². The number of aromatic nitrogens is 2. The van der Waals surface area contributed by atoms with Gasteiger partial charge in [-0.2, -0.15) is 9.40 Å². The predicted molar refractivity (Wildman–Crippen MR) is 114 cm³/mol. The molecule has 1 atom stereocenters. The second kappa shape index (κ2) is 8.16. The third-order valence-corrected chi connectivity index (χ3v) is 7.83. The van der Waals surface area contributed by atoms with Gasteiger partial charge in [-0.15, -0.1) is 0 Å². The maximum Gasteiger partial charge on any atom is 0.267 e. The van der Waals surface area contributed by atoms with E-state index in [0.29, 0.717) is 36.0 Å². The molecule has 0 unspecified atom stereocenters. The zero-order valence-electron chi connectivity index (χ0n) is 18.2. The molecule has 0 radical (unpaired) electrons. The molecule has 1 aromatic carbocycles. The molecular formula is C21H28N4O5S. The van der Waals surface area contributed by atoms with Crippen molar-refractivity contribution in [3.8, 4) is 11.5 Å². The summed E-state index contributed by atoms with van der Waals surface area (Å²) in [5, 5.41) is 4.41. The van der Waals surface area contributed by atoms with E-state index in [1.54, 1.807) is 35.6 Å². The Morgan fingerprint density at radius 2 is 1.74 bits per heavy atom. The molecule has 2 aliphatic rings. The average molecular weight is 449 g/mol. The number of piperazine rings is 1. The van der Waals surface area contributed by atoms with Crippen molar-refractivity contribution in [2.24, 2.45) is 0 Å². The molecule has 2 aromatic rings. The topological polar surface area (TPSA) is 94.0 Å². The third-order valence-electron chi connectivity index (χ3n) is 5.68. The Morgan fingerprint density at radius 3 is 2.35 bits per heavy atom. The molecule has 31 heavy (non-hydrogen) atoms. The Kier molecular flexibility index (Phi) is 5.69. The van der Waals surface area contributed by atoms with Crippen molar-refractivity contribution >= 4 is 15.9 Å². The number of para-hydroxylation sites is 2. The van der Waals surface area contributed by atoms with E-state index in [2.05, 4.69) is 5.10 Å². The van der Waals surface area contributed by atoms with Gasteiger partial charge in [0.25, 0.3) is 5.91 Å². The van der Waals surface area contributed by atoms with Crippen LogP contribution in [0.3, 0.4) is 0 Å². The molecule has 0 N–H and O–H groups in total. The molecule has 4 rings (SSSR count). The second-order valence-electron chi connectivity index (χ2n) is 8.13. The Balaban J connectivity index is 1.44. The summed E-state index contributed by atoms with van der Waals surface area (Å²) in [5.74, 6) is 0.975. The fourth-order valence-electron chi connectivity index (χ4n) is 4.15. The monoisotopic (exact) mass is 448 g/mol. The van der Waals surface area contributed by atoms with Crippen molar-refractivity contribution in [1.29, 1.82) is 0 Å². The van der Waals surface area contributed by atoms with Gasteiger partial charge in [-0.1, -0.05) is 12.1 Å². The average Bonchev–Trinajstić information content (AvgIpc) is 3.07. The molecule has 9 nitrogen and oxygen atoms in total. The van der Waals surface area contributed by atoms with Crippen LogP contribution in [0.5, 0.6) is 11.5 Å². The highest BCUT2D eigenvalue weighted by Crippen LogP contribution is 2.31. The largest absolute Gasteiger partial charge is 0.485 e. The first kappa shape index (κ1) is 21.6. The van der Waals surface area contributed by atoms with Gasteiger partial charge < -0.3 is 14.4 Å². The van der Waals surface area contributed by atoms with E-state index in [-0.39, 0.29) is 36.5 Å². The summed E-state index contributed by atoms with van der Waals surface area (Å²) in [6, 6.07) is 7.30. The fourth-order valence-corrected chi connectivity index (χ4v) is 5.93. The number of hydrogen-bond donors (Lipinski definition) is 0. The van der Waals surface area contributed by atoms with Gasteiger partial charge in [0.1, 0.15) is 11.5 Å². The van der Waals surface area contributed by atoms with Crippen molar-refractivity contribution in [2.75, 3.05) is 32.8 Å². The summed E-state index contributed by atoms with van der Waals surface area (Å²) in [6.07, 6.45) is -0.730.